The van der Waals surface area contributed by atoms with Crippen molar-refractivity contribution in [3.05, 3.63) is 29.8 Å². The number of nitrogens with one attached hydrogen (secondary N) is 2. The molecule has 0 aliphatic carbocycles. The summed E-state index contributed by atoms with van der Waals surface area (Å²) in [6, 6.07) is 8.24. The lowest BCUT2D eigenvalue weighted by molar-refractivity contribution is -0.123. The number of hydrogen-bond acceptors (Lipinski definition) is 3. The van der Waals surface area contributed by atoms with E-state index < -0.39 is 0 Å². The fourth-order valence-corrected chi connectivity index (χ4v) is 1.94. The molecule has 0 radical (unpaired) electrons. The van der Waals surface area contributed by atoms with E-state index in [-0.39, 0.29) is 12.5 Å². The third-order valence-corrected chi connectivity index (χ3v) is 3.30. The smallest absolute Gasteiger partial charge is 0.257 e. The number of carbonyl (C=O) groups is 1. The molecule has 0 saturated carbocycles. The summed E-state index contributed by atoms with van der Waals surface area (Å²) in [6.45, 7) is 8.21. The molecule has 1 rings (SSSR count). The van der Waals surface area contributed by atoms with Gasteiger partial charge in [-0.15, -0.1) is 0 Å². The van der Waals surface area contributed by atoms with Crippen LogP contribution in [0.4, 0.5) is 0 Å². The second-order valence-electron chi connectivity index (χ2n) is 5.24. The van der Waals surface area contributed by atoms with Gasteiger partial charge in [0.25, 0.3) is 5.91 Å². The first kappa shape index (κ1) is 17.5. The Morgan fingerprint density at radius 2 is 1.86 bits per heavy atom. The summed E-state index contributed by atoms with van der Waals surface area (Å²) in [4.78, 5) is 11.5. The molecule has 1 aromatic carbocycles. The van der Waals surface area contributed by atoms with Crippen molar-refractivity contribution in [3.63, 3.8) is 0 Å². The van der Waals surface area contributed by atoms with Crippen molar-refractivity contribution in [2.75, 3.05) is 19.7 Å². The van der Waals surface area contributed by atoms with Gasteiger partial charge in [0.2, 0.25) is 0 Å². The van der Waals surface area contributed by atoms with Crippen LogP contribution in [0.15, 0.2) is 24.3 Å². The Hall–Kier alpha value is -1.55. The van der Waals surface area contributed by atoms with Crippen LogP contribution in [0.2, 0.25) is 0 Å². The maximum atomic E-state index is 11.5. The molecule has 1 atom stereocenters. The third kappa shape index (κ3) is 7.14. The molecule has 1 amide bonds. The second-order valence-corrected chi connectivity index (χ2v) is 5.24. The van der Waals surface area contributed by atoms with E-state index in [1.54, 1.807) is 0 Å². The minimum absolute atomic E-state index is 0.0643. The van der Waals surface area contributed by atoms with Gasteiger partial charge in [-0.25, -0.2) is 0 Å². The number of benzene rings is 1. The van der Waals surface area contributed by atoms with E-state index in [0.29, 0.717) is 6.04 Å². The van der Waals surface area contributed by atoms with Gasteiger partial charge in [-0.3, -0.25) is 4.79 Å². The number of rotatable bonds is 10. The van der Waals surface area contributed by atoms with Gasteiger partial charge in [-0.05, 0) is 44.0 Å². The molecule has 1 unspecified atom stereocenters. The largest absolute Gasteiger partial charge is 0.484 e. The molecular formula is C17H28N2O2. The van der Waals surface area contributed by atoms with Gasteiger partial charge < -0.3 is 15.4 Å². The minimum atomic E-state index is -0.0643. The molecule has 0 bridgehead atoms. The average molecular weight is 292 g/mol. The van der Waals surface area contributed by atoms with Crippen LogP contribution < -0.4 is 15.4 Å². The van der Waals surface area contributed by atoms with Crippen molar-refractivity contribution in [1.82, 2.24) is 10.6 Å². The lowest BCUT2D eigenvalue weighted by atomic mass is 10.1. The van der Waals surface area contributed by atoms with Gasteiger partial charge in [0.1, 0.15) is 5.75 Å². The van der Waals surface area contributed by atoms with Gasteiger partial charge in [0.15, 0.2) is 6.61 Å². The Balaban J connectivity index is 2.35. The SMILES string of the molecule is CCCCNC(=O)COc1ccc(C(C)NCCC)cc1. The Bertz CT molecular complexity index is 404. The van der Waals surface area contributed by atoms with Crippen molar-refractivity contribution >= 4 is 5.91 Å². The zero-order valence-electron chi connectivity index (χ0n) is 13.4. The van der Waals surface area contributed by atoms with Crippen molar-refractivity contribution in [2.24, 2.45) is 0 Å². The summed E-state index contributed by atoms with van der Waals surface area (Å²) in [5.74, 6) is 0.664. The van der Waals surface area contributed by atoms with Crippen LogP contribution in [-0.4, -0.2) is 25.6 Å². The lowest BCUT2D eigenvalue weighted by Gasteiger charge is -2.14. The number of amides is 1. The van der Waals surface area contributed by atoms with Gasteiger partial charge >= 0.3 is 0 Å². The zero-order chi connectivity index (χ0) is 15.5. The standard InChI is InChI=1S/C17H28N2O2/c1-4-6-12-19-17(20)13-21-16-9-7-15(8-10-16)14(3)18-11-5-2/h7-10,14,18H,4-6,11-13H2,1-3H3,(H,19,20). The van der Waals surface area contributed by atoms with Crippen LogP contribution in [0.25, 0.3) is 0 Å². The highest BCUT2D eigenvalue weighted by Gasteiger charge is 2.05. The first-order chi connectivity index (χ1) is 10.2. The van der Waals surface area contributed by atoms with Gasteiger partial charge in [0.05, 0.1) is 0 Å². The molecule has 1 aromatic rings. The highest BCUT2D eigenvalue weighted by atomic mass is 16.5. The summed E-state index contributed by atoms with van der Waals surface area (Å²) in [6.07, 6.45) is 3.20. The number of hydrogen-bond donors (Lipinski definition) is 2. The molecule has 0 heterocycles. The average Bonchev–Trinajstić information content (AvgIpc) is 2.51. The maximum absolute atomic E-state index is 11.5. The molecule has 0 aliphatic heterocycles. The Kier molecular flexibility index (Phi) is 8.51. The van der Waals surface area contributed by atoms with E-state index in [1.807, 2.05) is 24.3 Å². The zero-order valence-corrected chi connectivity index (χ0v) is 13.4. The van der Waals surface area contributed by atoms with Crippen LogP contribution in [0.3, 0.4) is 0 Å². The fourth-order valence-electron chi connectivity index (χ4n) is 1.94. The van der Waals surface area contributed by atoms with Crippen molar-refractivity contribution in [2.45, 2.75) is 46.1 Å². The maximum Gasteiger partial charge on any atom is 0.257 e. The Morgan fingerprint density at radius 3 is 2.48 bits per heavy atom. The van der Waals surface area contributed by atoms with Crippen molar-refractivity contribution < 1.29 is 9.53 Å². The second kappa shape index (κ2) is 10.2. The van der Waals surface area contributed by atoms with E-state index in [4.69, 9.17) is 4.74 Å². The number of ether oxygens (including phenoxy) is 1. The monoisotopic (exact) mass is 292 g/mol. The van der Waals surface area contributed by atoms with Crippen LogP contribution in [0.5, 0.6) is 5.75 Å². The summed E-state index contributed by atoms with van der Waals surface area (Å²) < 4.78 is 5.48. The molecule has 0 saturated heterocycles. The minimum Gasteiger partial charge on any atom is -0.484 e. The van der Waals surface area contributed by atoms with E-state index in [9.17, 15) is 4.79 Å². The fraction of sp³-hybridized carbons (Fsp3) is 0.588. The molecule has 21 heavy (non-hydrogen) atoms. The number of unbranched alkanes of at least 4 members (excludes halogenated alkanes) is 1. The summed E-state index contributed by atoms with van der Waals surface area (Å²) in [5, 5.41) is 6.27. The van der Waals surface area contributed by atoms with E-state index >= 15 is 0 Å². The highest BCUT2D eigenvalue weighted by molar-refractivity contribution is 5.77. The quantitative estimate of drug-likeness (QED) is 0.652. The van der Waals surface area contributed by atoms with Crippen molar-refractivity contribution in [3.8, 4) is 5.75 Å². The van der Waals surface area contributed by atoms with Crippen LogP contribution in [0, 0.1) is 0 Å². The van der Waals surface area contributed by atoms with Crippen LogP contribution in [-0.2, 0) is 4.79 Å². The van der Waals surface area contributed by atoms with Gasteiger partial charge in [-0.1, -0.05) is 32.4 Å². The van der Waals surface area contributed by atoms with Crippen LogP contribution >= 0.6 is 0 Å². The first-order valence-electron chi connectivity index (χ1n) is 7.90. The molecule has 2 N–H and O–H groups in total. The Labute approximate surface area is 128 Å². The molecule has 0 aliphatic rings. The normalized spacial score (nSPS) is 12.0. The topological polar surface area (TPSA) is 50.4 Å². The predicted molar refractivity (Wildman–Crippen MR) is 86.6 cm³/mol. The molecule has 4 heteroatoms. The third-order valence-electron chi connectivity index (χ3n) is 3.30. The van der Waals surface area contributed by atoms with E-state index in [1.165, 1.54) is 5.56 Å². The van der Waals surface area contributed by atoms with Crippen LogP contribution in [0.1, 0.15) is 51.6 Å². The summed E-state index contributed by atoms with van der Waals surface area (Å²) >= 11 is 0. The highest BCUT2D eigenvalue weighted by Crippen LogP contribution is 2.17. The first-order valence-corrected chi connectivity index (χ1v) is 7.90. The van der Waals surface area contributed by atoms with Gasteiger partial charge in [0, 0.05) is 12.6 Å². The van der Waals surface area contributed by atoms with E-state index in [0.717, 1.165) is 38.1 Å². The molecule has 4 nitrogen and oxygen atoms in total. The molecule has 0 fully saturated rings. The summed E-state index contributed by atoms with van der Waals surface area (Å²) in [7, 11) is 0. The summed E-state index contributed by atoms with van der Waals surface area (Å²) in [5.41, 5.74) is 1.23. The van der Waals surface area contributed by atoms with E-state index in [2.05, 4.69) is 31.4 Å². The molecule has 0 spiro atoms. The molecule has 118 valence electrons. The van der Waals surface area contributed by atoms with Gasteiger partial charge in [-0.2, -0.15) is 0 Å². The molecule has 0 aromatic heterocycles. The van der Waals surface area contributed by atoms with Crippen molar-refractivity contribution in [1.29, 1.82) is 0 Å². The number of carbonyl (C=O) groups excluding carboxylic acids is 1. The Morgan fingerprint density at radius 1 is 1.14 bits per heavy atom. The molecular weight excluding hydrogens is 264 g/mol. The lowest BCUT2D eigenvalue weighted by Crippen LogP contribution is -2.29. The predicted octanol–water partition coefficient (Wildman–Crippen LogP) is 3.04.